The van der Waals surface area contributed by atoms with Crippen LogP contribution in [-0.2, 0) is 16.6 Å². The Labute approximate surface area is 217 Å². The van der Waals surface area contributed by atoms with Crippen molar-refractivity contribution in [3.63, 3.8) is 0 Å². The molecule has 1 aliphatic rings. The third kappa shape index (κ3) is 5.35. The highest BCUT2D eigenvalue weighted by Crippen LogP contribution is 2.24. The summed E-state index contributed by atoms with van der Waals surface area (Å²) >= 11 is 0. The van der Waals surface area contributed by atoms with Crippen LogP contribution in [0.25, 0.3) is 10.9 Å². The van der Waals surface area contributed by atoms with Crippen molar-refractivity contribution < 1.29 is 13.2 Å². The standard InChI is InChI=1S/C29H30N4O3S/c1-21-6-3-7-22(2)26(21)20-32-16-18-33(19-17-32)29(34)24-11-13-25(14-12-24)31-37(35,36)27-10-4-8-23-9-5-15-30-28(23)27/h3-15,31H,16-20H2,1-2H3. The van der Waals surface area contributed by atoms with Crippen LogP contribution in [0, 0.1) is 13.8 Å². The molecule has 0 unspecified atom stereocenters. The number of aryl methyl sites for hydroxylation is 2. The summed E-state index contributed by atoms with van der Waals surface area (Å²) in [4.78, 5) is 21.7. The molecule has 0 atom stereocenters. The van der Waals surface area contributed by atoms with E-state index >= 15 is 0 Å². The number of hydrogen-bond acceptors (Lipinski definition) is 5. The zero-order chi connectivity index (χ0) is 26.0. The summed E-state index contributed by atoms with van der Waals surface area (Å²) in [5.74, 6) is -0.0422. The fourth-order valence-corrected chi connectivity index (χ4v) is 6.04. The van der Waals surface area contributed by atoms with Gasteiger partial charge in [0.15, 0.2) is 0 Å². The first-order chi connectivity index (χ1) is 17.8. The smallest absolute Gasteiger partial charge is 0.264 e. The van der Waals surface area contributed by atoms with Crippen LogP contribution in [0.2, 0.25) is 0 Å². The third-order valence-electron chi connectivity index (χ3n) is 6.95. The molecule has 1 aliphatic heterocycles. The first kappa shape index (κ1) is 24.9. The van der Waals surface area contributed by atoms with Gasteiger partial charge in [-0.3, -0.25) is 19.4 Å². The predicted octanol–water partition coefficient (Wildman–Crippen LogP) is 4.61. The average molecular weight is 515 g/mol. The number of rotatable bonds is 6. The Morgan fingerprint density at radius 3 is 2.22 bits per heavy atom. The zero-order valence-electron chi connectivity index (χ0n) is 21.0. The van der Waals surface area contributed by atoms with Crippen LogP contribution in [0.15, 0.2) is 83.9 Å². The monoisotopic (exact) mass is 514 g/mol. The van der Waals surface area contributed by atoms with Crippen molar-refractivity contribution in [3.05, 3.63) is 101 Å². The topological polar surface area (TPSA) is 82.6 Å². The lowest BCUT2D eigenvalue weighted by Gasteiger charge is -2.35. The van der Waals surface area contributed by atoms with E-state index < -0.39 is 10.0 Å². The quantitative estimate of drug-likeness (QED) is 0.406. The zero-order valence-corrected chi connectivity index (χ0v) is 21.8. The highest BCUT2D eigenvalue weighted by Gasteiger charge is 2.23. The Kier molecular flexibility index (Phi) is 6.95. The van der Waals surface area contributed by atoms with Gasteiger partial charge >= 0.3 is 0 Å². The maximum Gasteiger partial charge on any atom is 0.264 e. The molecular weight excluding hydrogens is 484 g/mol. The second kappa shape index (κ2) is 10.3. The molecule has 2 heterocycles. The van der Waals surface area contributed by atoms with Crippen molar-refractivity contribution in [2.45, 2.75) is 25.3 Å². The molecule has 190 valence electrons. The van der Waals surface area contributed by atoms with Gasteiger partial charge in [0.05, 0.1) is 5.52 Å². The molecule has 0 radical (unpaired) electrons. The number of benzene rings is 3. The lowest BCUT2D eigenvalue weighted by atomic mass is 10.0. The van der Waals surface area contributed by atoms with Crippen molar-refractivity contribution in [1.82, 2.24) is 14.8 Å². The number of nitrogens with one attached hydrogen (secondary N) is 1. The number of carbonyl (C=O) groups excluding carboxylic acids is 1. The van der Waals surface area contributed by atoms with E-state index in [0.29, 0.717) is 29.9 Å². The number of piperazine rings is 1. The molecular formula is C29H30N4O3S. The van der Waals surface area contributed by atoms with Crippen molar-refractivity contribution >= 4 is 32.5 Å². The molecule has 8 heteroatoms. The van der Waals surface area contributed by atoms with Crippen LogP contribution in [0.3, 0.4) is 0 Å². The average Bonchev–Trinajstić information content (AvgIpc) is 2.91. The van der Waals surface area contributed by atoms with E-state index in [-0.39, 0.29) is 10.8 Å². The van der Waals surface area contributed by atoms with Crippen molar-refractivity contribution in [3.8, 4) is 0 Å². The summed E-state index contributed by atoms with van der Waals surface area (Å²) in [7, 11) is -3.85. The van der Waals surface area contributed by atoms with Crippen LogP contribution in [-0.4, -0.2) is 55.3 Å². The number of carbonyl (C=O) groups is 1. The Bertz CT molecular complexity index is 1520. The number of amides is 1. The first-order valence-electron chi connectivity index (χ1n) is 12.4. The molecule has 37 heavy (non-hydrogen) atoms. The minimum absolute atomic E-state index is 0.0422. The van der Waals surface area contributed by atoms with Gasteiger partial charge in [0, 0.05) is 55.6 Å². The summed E-state index contributed by atoms with van der Waals surface area (Å²) < 4.78 is 28.7. The largest absolute Gasteiger partial charge is 0.336 e. The van der Waals surface area contributed by atoms with Gasteiger partial charge in [0.2, 0.25) is 0 Å². The van der Waals surface area contributed by atoms with Gasteiger partial charge in [-0.25, -0.2) is 8.42 Å². The molecule has 1 fully saturated rings. The number of para-hydroxylation sites is 1. The number of pyridine rings is 1. The molecule has 0 aliphatic carbocycles. The van der Waals surface area contributed by atoms with E-state index in [9.17, 15) is 13.2 Å². The highest BCUT2D eigenvalue weighted by atomic mass is 32.2. The van der Waals surface area contributed by atoms with Crippen molar-refractivity contribution in [2.75, 3.05) is 30.9 Å². The summed E-state index contributed by atoms with van der Waals surface area (Å²) in [5, 5.41) is 0.750. The highest BCUT2D eigenvalue weighted by molar-refractivity contribution is 7.93. The van der Waals surface area contributed by atoms with Crippen LogP contribution in [0.1, 0.15) is 27.0 Å². The fraction of sp³-hybridized carbons (Fsp3) is 0.241. The van der Waals surface area contributed by atoms with Gasteiger partial charge in [0.1, 0.15) is 4.90 Å². The molecule has 1 saturated heterocycles. The van der Waals surface area contributed by atoms with Crippen LogP contribution >= 0.6 is 0 Å². The van der Waals surface area contributed by atoms with E-state index in [4.69, 9.17) is 0 Å². The molecule has 7 nitrogen and oxygen atoms in total. The third-order valence-corrected chi connectivity index (χ3v) is 8.37. The minimum Gasteiger partial charge on any atom is -0.336 e. The Balaban J connectivity index is 1.22. The number of aromatic nitrogens is 1. The number of anilines is 1. The molecule has 5 rings (SSSR count). The van der Waals surface area contributed by atoms with E-state index in [2.05, 4.69) is 46.7 Å². The van der Waals surface area contributed by atoms with E-state index in [1.165, 1.54) is 22.8 Å². The van der Waals surface area contributed by atoms with Crippen molar-refractivity contribution in [1.29, 1.82) is 0 Å². The van der Waals surface area contributed by atoms with Gasteiger partial charge in [-0.1, -0.05) is 36.4 Å². The van der Waals surface area contributed by atoms with Gasteiger partial charge in [-0.2, -0.15) is 0 Å². The van der Waals surface area contributed by atoms with E-state index in [1.54, 1.807) is 42.6 Å². The maximum atomic E-state index is 13.1. The Hall–Kier alpha value is -3.75. The normalized spacial score (nSPS) is 14.6. The number of nitrogens with zero attached hydrogens (tertiary/aromatic N) is 3. The van der Waals surface area contributed by atoms with E-state index in [1.807, 2.05) is 17.0 Å². The Morgan fingerprint density at radius 1 is 0.865 bits per heavy atom. The van der Waals surface area contributed by atoms with Crippen LogP contribution in [0.4, 0.5) is 5.69 Å². The second-order valence-corrected chi connectivity index (χ2v) is 11.1. The Morgan fingerprint density at radius 2 is 1.51 bits per heavy atom. The molecule has 4 aromatic rings. The summed E-state index contributed by atoms with van der Waals surface area (Å²) in [6.07, 6.45) is 1.57. The number of sulfonamides is 1. The SMILES string of the molecule is Cc1cccc(C)c1CN1CCN(C(=O)c2ccc(NS(=O)(=O)c3cccc4cccnc34)cc2)CC1. The lowest BCUT2D eigenvalue weighted by molar-refractivity contribution is 0.0628. The van der Waals surface area contributed by atoms with Gasteiger partial charge in [0.25, 0.3) is 15.9 Å². The minimum atomic E-state index is -3.85. The van der Waals surface area contributed by atoms with Crippen molar-refractivity contribution in [2.24, 2.45) is 0 Å². The van der Waals surface area contributed by atoms with Gasteiger partial charge in [-0.05, 0) is 66.9 Å². The molecule has 0 bridgehead atoms. The van der Waals surface area contributed by atoms with Gasteiger partial charge in [-0.15, -0.1) is 0 Å². The maximum absolute atomic E-state index is 13.1. The molecule has 3 aromatic carbocycles. The number of fused-ring (bicyclic) bond motifs is 1. The van der Waals surface area contributed by atoms with Crippen LogP contribution in [0.5, 0.6) is 0 Å². The molecule has 1 aromatic heterocycles. The van der Waals surface area contributed by atoms with Crippen LogP contribution < -0.4 is 4.72 Å². The fourth-order valence-electron chi connectivity index (χ4n) is 4.80. The lowest BCUT2D eigenvalue weighted by Crippen LogP contribution is -2.48. The summed E-state index contributed by atoms with van der Waals surface area (Å²) in [6, 6.07) is 21.6. The molecule has 0 saturated carbocycles. The molecule has 1 N–H and O–H groups in total. The number of hydrogen-bond donors (Lipinski definition) is 1. The first-order valence-corrected chi connectivity index (χ1v) is 13.8. The summed E-state index contributed by atoms with van der Waals surface area (Å²) in [5.41, 5.74) is 5.30. The predicted molar refractivity (Wildman–Crippen MR) is 146 cm³/mol. The second-order valence-electron chi connectivity index (χ2n) is 9.45. The molecule has 1 amide bonds. The van der Waals surface area contributed by atoms with E-state index in [0.717, 1.165) is 25.0 Å². The molecule has 0 spiro atoms. The van der Waals surface area contributed by atoms with Gasteiger partial charge < -0.3 is 4.90 Å². The summed E-state index contributed by atoms with van der Waals surface area (Å²) in [6.45, 7) is 8.13.